The van der Waals surface area contributed by atoms with Gasteiger partial charge in [-0.2, -0.15) is 0 Å². The first kappa shape index (κ1) is 15.0. The first-order chi connectivity index (χ1) is 11.1. The molecule has 4 nitrogen and oxygen atoms in total. The Hall–Kier alpha value is -2.88. The smallest absolute Gasteiger partial charge is 0.256 e. The number of anilines is 1. The molecule has 4 heteroatoms. The average Bonchev–Trinajstić information content (AvgIpc) is 2.88. The van der Waals surface area contributed by atoms with E-state index in [2.05, 4.69) is 40.8 Å². The molecule has 0 saturated carbocycles. The van der Waals surface area contributed by atoms with Gasteiger partial charge in [-0.25, -0.2) is 4.98 Å². The van der Waals surface area contributed by atoms with Gasteiger partial charge in [0, 0.05) is 28.8 Å². The Morgan fingerprint density at radius 2 is 1.61 bits per heavy atom. The molecule has 116 valence electrons. The molecule has 1 amide bonds. The first-order valence-electron chi connectivity index (χ1n) is 7.54. The number of aryl methyl sites for hydroxylation is 3. The molecule has 0 saturated heterocycles. The van der Waals surface area contributed by atoms with Crippen LogP contribution in [0.3, 0.4) is 0 Å². The molecule has 0 aliphatic carbocycles. The van der Waals surface area contributed by atoms with Crippen LogP contribution in [0.1, 0.15) is 27.3 Å². The number of rotatable bonds is 3. The summed E-state index contributed by atoms with van der Waals surface area (Å²) in [6, 6.07) is 15.5. The summed E-state index contributed by atoms with van der Waals surface area (Å²) in [5, 5.41) is 2.85. The fourth-order valence-electron chi connectivity index (χ4n) is 2.63. The number of carbonyl (C=O) groups excluding carboxylic acids is 1. The number of nitrogens with one attached hydrogen (secondary N) is 1. The molecule has 23 heavy (non-hydrogen) atoms. The summed E-state index contributed by atoms with van der Waals surface area (Å²) < 4.78 is 2.16. The Balaban J connectivity index is 1.82. The third-order valence-electron chi connectivity index (χ3n) is 3.90. The normalized spacial score (nSPS) is 10.6. The number of pyridine rings is 1. The second-order valence-corrected chi connectivity index (χ2v) is 5.62. The first-order valence-corrected chi connectivity index (χ1v) is 7.54. The zero-order valence-electron chi connectivity index (χ0n) is 13.5. The highest BCUT2D eigenvalue weighted by molar-refractivity contribution is 6.04. The van der Waals surface area contributed by atoms with Crippen molar-refractivity contribution in [2.24, 2.45) is 0 Å². The van der Waals surface area contributed by atoms with Crippen molar-refractivity contribution in [2.45, 2.75) is 20.8 Å². The van der Waals surface area contributed by atoms with E-state index in [1.807, 2.05) is 43.3 Å². The Morgan fingerprint density at radius 3 is 2.22 bits per heavy atom. The van der Waals surface area contributed by atoms with Crippen molar-refractivity contribution in [1.29, 1.82) is 0 Å². The van der Waals surface area contributed by atoms with Gasteiger partial charge in [-0.3, -0.25) is 4.79 Å². The molecule has 2 aromatic heterocycles. The van der Waals surface area contributed by atoms with Crippen LogP contribution in [-0.4, -0.2) is 15.5 Å². The predicted molar refractivity (Wildman–Crippen MR) is 92.2 cm³/mol. The molecule has 0 aliphatic heterocycles. The van der Waals surface area contributed by atoms with E-state index in [0.29, 0.717) is 11.4 Å². The van der Waals surface area contributed by atoms with E-state index in [0.717, 1.165) is 11.3 Å². The molecular formula is C19H19N3O. The minimum Gasteiger partial charge on any atom is -0.319 e. The topological polar surface area (TPSA) is 46.9 Å². The van der Waals surface area contributed by atoms with Gasteiger partial charge in [-0.15, -0.1) is 0 Å². The van der Waals surface area contributed by atoms with E-state index in [9.17, 15) is 4.79 Å². The molecule has 0 spiro atoms. The third-order valence-corrected chi connectivity index (χ3v) is 3.90. The van der Waals surface area contributed by atoms with Gasteiger partial charge in [-0.1, -0.05) is 6.07 Å². The summed E-state index contributed by atoms with van der Waals surface area (Å²) in [6.07, 6.45) is 1.67. The molecule has 0 aliphatic rings. The van der Waals surface area contributed by atoms with Crippen LogP contribution in [0.15, 0.2) is 54.7 Å². The number of amides is 1. The number of hydrogen-bond acceptors (Lipinski definition) is 2. The minimum absolute atomic E-state index is 0.153. The minimum atomic E-state index is -0.153. The lowest BCUT2D eigenvalue weighted by atomic mass is 10.2. The summed E-state index contributed by atoms with van der Waals surface area (Å²) in [4.78, 5) is 16.5. The van der Waals surface area contributed by atoms with Crippen molar-refractivity contribution in [3.8, 4) is 5.69 Å². The lowest BCUT2D eigenvalue weighted by Gasteiger charge is -2.11. The van der Waals surface area contributed by atoms with Gasteiger partial charge >= 0.3 is 0 Å². The summed E-state index contributed by atoms with van der Waals surface area (Å²) in [7, 11) is 0. The summed E-state index contributed by atoms with van der Waals surface area (Å²) in [5.74, 6) is 0.443. The van der Waals surface area contributed by atoms with Crippen LogP contribution in [-0.2, 0) is 0 Å². The molecule has 0 atom stereocenters. The quantitative estimate of drug-likeness (QED) is 0.793. The van der Waals surface area contributed by atoms with Crippen LogP contribution in [0, 0.1) is 20.8 Å². The van der Waals surface area contributed by atoms with Crippen LogP contribution in [0.5, 0.6) is 0 Å². The zero-order chi connectivity index (χ0) is 16.4. The highest BCUT2D eigenvalue weighted by Gasteiger charge is 2.09. The van der Waals surface area contributed by atoms with Gasteiger partial charge in [0.15, 0.2) is 0 Å². The van der Waals surface area contributed by atoms with Crippen molar-refractivity contribution in [3.05, 3.63) is 77.2 Å². The largest absolute Gasteiger partial charge is 0.319 e. The summed E-state index contributed by atoms with van der Waals surface area (Å²) in [6.45, 7) is 6.05. The van der Waals surface area contributed by atoms with Crippen LogP contribution in [0.25, 0.3) is 5.69 Å². The van der Waals surface area contributed by atoms with Crippen molar-refractivity contribution in [3.63, 3.8) is 0 Å². The van der Waals surface area contributed by atoms with E-state index in [-0.39, 0.29) is 5.91 Å². The Labute approximate surface area is 135 Å². The lowest BCUT2D eigenvalue weighted by Crippen LogP contribution is -2.14. The van der Waals surface area contributed by atoms with E-state index in [1.54, 1.807) is 6.20 Å². The van der Waals surface area contributed by atoms with Crippen molar-refractivity contribution in [2.75, 3.05) is 5.32 Å². The van der Waals surface area contributed by atoms with Crippen molar-refractivity contribution >= 4 is 11.7 Å². The van der Waals surface area contributed by atoms with Gasteiger partial charge in [0.05, 0.1) is 0 Å². The van der Waals surface area contributed by atoms with Crippen LogP contribution < -0.4 is 5.32 Å². The van der Waals surface area contributed by atoms with Gasteiger partial charge in [0.25, 0.3) is 5.91 Å². The van der Waals surface area contributed by atoms with E-state index < -0.39 is 0 Å². The molecule has 0 bridgehead atoms. The summed E-state index contributed by atoms with van der Waals surface area (Å²) >= 11 is 0. The van der Waals surface area contributed by atoms with Crippen molar-refractivity contribution in [1.82, 2.24) is 9.55 Å². The van der Waals surface area contributed by atoms with Gasteiger partial charge in [-0.05, 0) is 68.8 Å². The lowest BCUT2D eigenvalue weighted by molar-refractivity contribution is 0.102. The molecule has 1 aromatic carbocycles. The second-order valence-electron chi connectivity index (χ2n) is 5.62. The van der Waals surface area contributed by atoms with E-state index in [4.69, 9.17) is 0 Å². The maximum absolute atomic E-state index is 12.3. The average molecular weight is 305 g/mol. The summed E-state index contributed by atoms with van der Waals surface area (Å²) in [5.41, 5.74) is 4.94. The number of nitrogens with zero attached hydrogens (tertiary/aromatic N) is 2. The monoisotopic (exact) mass is 305 g/mol. The van der Waals surface area contributed by atoms with Crippen LogP contribution in [0.4, 0.5) is 5.82 Å². The Kier molecular flexibility index (Phi) is 3.98. The number of carbonyl (C=O) groups is 1. The molecule has 3 aromatic rings. The van der Waals surface area contributed by atoms with Gasteiger partial charge in [0.1, 0.15) is 5.82 Å². The number of aromatic nitrogens is 2. The van der Waals surface area contributed by atoms with Crippen molar-refractivity contribution < 1.29 is 4.79 Å². The van der Waals surface area contributed by atoms with Gasteiger partial charge in [0.2, 0.25) is 0 Å². The highest BCUT2D eigenvalue weighted by Crippen LogP contribution is 2.18. The standard InChI is InChI=1S/C19H19N3O/c1-13-5-4-12-20-18(13)21-19(23)16-8-10-17(11-9-16)22-14(2)6-7-15(22)3/h4-12H,1-3H3,(H,20,21,23). The molecular weight excluding hydrogens is 286 g/mol. The maximum atomic E-state index is 12.3. The fraction of sp³-hybridized carbons (Fsp3) is 0.158. The SMILES string of the molecule is Cc1cccnc1NC(=O)c1ccc(-n2c(C)ccc2C)cc1. The van der Waals surface area contributed by atoms with E-state index >= 15 is 0 Å². The third kappa shape index (κ3) is 3.01. The number of benzene rings is 1. The molecule has 2 heterocycles. The Morgan fingerprint density at radius 1 is 0.957 bits per heavy atom. The van der Waals surface area contributed by atoms with E-state index in [1.165, 1.54) is 11.4 Å². The molecule has 0 unspecified atom stereocenters. The van der Waals surface area contributed by atoms with Gasteiger partial charge < -0.3 is 9.88 Å². The fourth-order valence-corrected chi connectivity index (χ4v) is 2.63. The second kappa shape index (κ2) is 6.08. The van der Waals surface area contributed by atoms with Crippen LogP contribution >= 0.6 is 0 Å². The molecule has 0 fully saturated rings. The molecule has 3 rings (SSSR count). The highest BCUT2D eigenvalue weighted by atomic mass is 16.1. The molecule has 1 N–H and O–H groups in total. The Bertz CT molecular complexity index is 828. The zero-order valence-corrected chi connectivity index (χ0v) is 13.5. The maximum Gasteiger partial charge on any atom is 0.256 e. The number of hydrogen-bond donors (Lipinski definition) is 1. The van der Waals surface area contributed by atoms with Crippen LogP contribution in [0.2, 0.25) is 0 Å². The molecule has 0 radical (unpaired) electrons. The predicted octanol–water partition coefficient (Wildman–Crippen LogP) is 4.05.